The fourth-order valence-electron chi connectivity index (χ4n) is 2.36. The van der Waals surface area contributed by atoms with Gasteiger partial charge in [0.2, 0.25) is 0 Å². The van der Waals surface area contributed by atoms with Gasteiger partial charge in [-0.15, -0.1) is 0 Å². The number of nitrogens with one attached hydrogen (secondary N) is 1. The number of amides is 1. The number of benzene rings is 2. The molecule has 5 heteroatoms. The summed E-state index contributed by atoms with van der Waals surface area (Å²) in [5.41, 5.74) is 3.11. The number of hydrogen-bond acceptors (Lipinski definition) is 4. The van der Waals surface area contributed by atoms with Crippen LogP contribution in [0, 0.1) is 11.3 Å². The number of nitrogens with zero attached hydrogens (tertiary/aromatic N) is 2. The van der Waals surface area contributed by atoms with Gasteiger partial charge >= 0.3 is 6.01 Å². The number of hydrogen-bond donors (Lipinski definition) is 1. The van der Waals surface area contributed by atoms with Gasteiger partial charge in [0.25, 0.3) is 5.91 Å². The minimum absolute atomic E-state index is 0.130. The highest BCUT2D eigenvalue weighted by Crippen LogP contribution is 2.29. The SMILES string of the molecule is CC(C)c1cc(C#N)cc2nc(NC(=O)c3ccccc3)oc12. The van der Waals surface area contributed by atoms with E-state index in [0.717, 1.165) is 5.56 Å². The van der Waals surface area contributed by atoms with E-state index in [0.29, 0.717) is 22.2 Å². The molecule has 114 valence electrons. The van der Waals surface area contributed by atoms with E-state index in [4.69, 9.17) is 9.68 Å². The molecule has 3 rings (SSSR count). The smallest absolute Gasteiger partial charge is 0.302 e. The maximum atomic E-state index is 12.2. The monoisotopic (exact) mass is 305 g/mol. The van der Waals surface area contributed by atoms with Crippen LogP contribution in [0.2, 0.25) is 0 Å². The third-order valence-electron chi connectivity index (χ3n) is 3.53. The average molecular weight is 305 g/mol. The molecule has 0 unspecified atom stereocenters. The maximum absolute atomic E-state index is 12.2. The topological polar surface area (TPSA) is 78.9 Å². The van der Waals surface area contributed by atoms with Gasteiger partial charge in [-0.3, -0.25) is 10.1 Å². The quantitative estimate of drug-likeness (QED) is 0.791. The van der Waals surface area contributed by atoms with Crippen molar-refractivity contribution >= 4 is 23.0 Å². The normalized spacial score (nSPS) is 10.7. The fourth-order valence-corrected chi connectivity index (χ4v) is 2.36. The molecule has 1 heterocycles. The summed E-state index contributed by atoms with van der Waals surface area (Å²) >= 11 is 0. The van der Waals surface area contributed by atoms with Gasteiger partial charge in [-0.05, 0) is 30.2 Å². The van der Waals surface area contributed by atoms with E-state index < -0.39 is 0 Å². The molecule has 3 aromatic rings. The molecule has 0 fully saturated rings. The Balaban J connectivity index is 1.99. The Morgan fingerprint density at radius 2 is 2.00 bits per heavy atom. The molecule has 0 bridgehead atoms. The van der Waals surface area contributed by atoms with E-state index in [-0.39, 0.29) is 17.8 Å². The first-order valence-corrected chi connectivity index (χ1v) is 7.29. The van der Waals surface area contributed by atoms with E-state index in [1.807, 2.05) is 19.9 Å². The van der Waals surface area contributed by atoms with Crippen molar-refractivity contribution in [2.24, 2.45) is 0 Å². The molecule has 1 aromatic heterocycles. The van der Waals surface area contributed by atoms with Crippen molar-refractivity contribution in [3.05, 3.63) is 59.2 Å². The van der Waals surface area contributed by atoms with Crippen molar-refractivity contribution < 1.29 is 9.21 Å². The highest BCUT2D eigenvalue weighted by atomic mass is 16.4. The highest BCUT2D eigenvalue weighted by Gasteiger charge is 2.16. The largest absolute Gasteiger partial charge is 0.423 e. The van der Waals surface area contributed by atoms with Crippen molar-refractivity contribution in [1.82, 2.24) is 4.98 Å². The summed E-state index contributed by atoms with van der Waals surface area (Å²) in [5, 5.41) is 11.8. The molecular weight excluding hydrogens is 290 g/mol. The Kier molecular flexibility index (Phi) is 3.82. The summed E-state index contributed by atoms with van der Waals surface area (Å²) in [6.45, 7) is 4.03. The van der Waals surface area contributed by atoms with Gasteiger partial charge in [-0.1, -0.05) is 32.0 Å². The van der Waals surface area contributed by atoms with Crippen LogP contribution in [0.5, 0.6) is 0 Å². The number of oxazole rings is 1. The number of nitriles is 1. The number of carbonyl (C=O) groups is 1. The zero-order chi connectivity index (χ0) is 16.4. The third-order valence-corrected chi connectivity index (χ3v) is 3.53. The Morgan fingerprint density at radius 3 is 2.65 bits per heavy atom. The first-order valence-electron chi connectivity index (χ1n) is 7.29. The summed E-state index contributed by atoms with van der Waals surface area (Å²) in [6.07, 6.45) is 0. The van der Waals surface area contributed by atoms with Crippen molar-refractivity contribution in [2.45, 2.75) is 19.8 Å². The Morgan fingerprint density at radius 1 is 1.26 bits per heavy atom. The van der Waals surface area contributed by atoms with Gasteiger partial charge in [0.1, 0.15) is 5.52 Å². The van der Waals surface area contributed by atoms with E-state index >= 15 is 0 Å². The van der Waals surface area contributed by atoms with Gasteiger partial charge in [0, 0.05) is 11.1 Å². The number of carbonyl (C=O) groups excluding carboxylic acids is 1. The van der Waals surface area contributed by atoms with E-state index in [1.54, 1.807) is 36.4 Å². The van der Waals surface area contributed by atoms with Gasteiger partial charge in [-0.2, -0.15) is 10.2 Å². The second-order valence-electron chi connectivity index (χ2n) is 5.52. The molecule has 0 aliphatic heterocycles. The summed E-state index contributed by atoms with van der Waals surface area (Å²) in [7, 11) is 0. The van der Waals surface area contributed by atoms with Crippen LogP contribution in [0.15, 0.2) is 46.9 Å². The van der Waals surface area contributed by atoms with Gasteiger partial charge < -0.3 is 4.42 Å². The van der Waals surface area contributed by atoms with Crippen molar-refractivity contribution in [2.75, 3.05) is 5.32 Å². The van der Waals surface area contributed by atoms with Gasteiger partial charge in [0.05, 0.1) is 11.6 Å². The molecule has 0 saturated heterocycles. The number of anilines is 1. The number of fused-ring (bicyclic) bond motifs is 1. The maximum Gasteiger partial charge on any atom is 0.302 e. The lowest BCUT2D eigenvalue weighted by atomic mass is 10.00. The number of rotatable bonds is 3. The third kappa shape index (κ3) is 2.92. The number of aromatic nitrogens is 1. The second-order valence-corrected chi connectivity index (χ2v) is 5.52. The lowest BCUT2D eigenvalue weighted by Crippen LogP contribution is -2.11. The lowest BCUT2D eigenvalue weighted by molar-refractivity contribution is 0.102. The molecular formula is C18H15N3O2. The summed E-state index contributed by atoms with van der Waals surface area (Å²) < 4.78 is 5.70. The molecule has 0 aliphatic carbocycles. The fraction of sp³-hybridized carbons (Fsp3) is 0.167. The predicted molar refractivity (Wildman–Crippen MR) is 87.2 cm³/mol. The predicted octanol–water partition coefficient (Wildman–Crippen LogP) is 4.08. The molecule has 2 aromatic carbocycles. The molecule has 5 nitrogen and oxygen atoms in total. The van der Waals surface area contributed by atoms with Crippen molar-refractivity contribution in [3.63, 3.8) is 0 Å². The van der Waals surface area contributed by atoms with Crippen LogP contribution in [0.3, 0.4) is 0 Å². The van der Waals surface area contributed by atoms with E-state index in [9.17, 15) is 4.79 Å². The highest BCUT2D eigenvalue weighted by molar-refractivity contribution is 6.03. The van der Waals surface area contributed by atoms with Crippen molar-refractivity contribution in [1.29, 1.82) is 5.26 Å². The minimum Gasteiger partial charge on any atom is -0.423 e. The van der Waals surface area contributed by atoms with Gasteiger partial charge in [-0.25, -0.2) is 0 Å². The zero-order valence-electron chi connectivity index (χ0n) is 12.8. The van der Waals surface area contributed by atoms with Crippen LogP contribution < -0.4 is 5.32 Å². The standard InChI is InChI=1S/C18H15N3O2/c1-11(2)14-8-12(10-19)9-15-16(14)23-18(20-15)21-17(22)13-6-4-3-5-7-13/h3-9,11H,1-2H3,(H,20,21,22). The zero-order valence-corrected chi connectivity index (χ0v) is 12.8. The first-order chi connectivity index (χ1) is 11.1. The van der Waals surface area contributed by atoms with Crippen LogP contribution >= 0.6 is 0 Å². The van der Waals surface area contributed by atoms with Crippen LogP contribution in [-0.2, 0) is 0 Å². The van der Waals surface area contributed by atoms with Crippen LogP contribution in [0.1, 0.15) is 41.3 Å². The first kappa shape index (κ1) is 14.8. The second kappa shape index (κ2) is 5.93. The summed E-state index contributed by atoms with van der Waals surface area (Å²) in [4.78, 5) is 16.4. The lowest BCUT2D eigenvalue weighted by Gasteiger charge is -2.05. The minimum atomic E-state index is -0.288. The van der Waals surface area contributed by atoms with E-state index in [2.05, 4.69) is 16.4 Å². The van der Waals surface area contributed by atoms with E-state index in [1.165, 1.54) is 0 Å². The molecule has 0 saturated carbocycles. The summed E-state index contributed by atoms with van der Waals surface area (Å²) in [6, 6.07) is 14.5. The van der Waals surface area contributed by atoms with Crippen LogP contribution in [-0.4, -0.2) is 10.9 Å². The molecule has 0 radical (unpaired) electrons. The van der Waals surface area contributed by atoms with Crippen molar-refractivity contribution in [3.8, 4) is 6.07 Å². The molecule has 1 amide bonds. The Bertz CT molecular complexity index is 905. The molecule has 1 N–H and O–H groups in total. The van der Waals surface area contributed by atoms with Crippen LogP contribution in [0.25, 0.3) is 11.1 Å². The van der Waals surface area contributed by atoms with Crippen LogP contribution in [0.4, 0.5) is 6.01 Å². The van der Waals surface area contributed by atoms with Gasteiger partial charge in [0.15, 0.2) is 5.58 Å². The average Bonchev–Trinajstić information content (AvgIpc) is 2.96. The Labute approximate surface area is 133 Å². The molecule has 0 atom stereocenters. The molecule has 23 heavy (non-hydrogen) atoms. The summed E-state index contributed by atoms with van der Waals surface area (Å²) in [5.74, 6) is -0.111. The Hall–Kier alpha value is -3.13. The molecule has 0 spiro atoms. The molecule has 0 aliphatic rings.